The first-order valence-electron chi connectivity index (χ1n) is 5.82. The van der Waals surface area contributed by atoms with Gasteiger partial charge in [0.2, 0.25) is 10.0 Å². The molecule has 1 fully saturated rings. The Morgan fingerprint density at radius 2 is 2.06 bits per heavy atom. The lowest BCUT2D eigenvalue weighted by molar-refractivity contribution is 0.600. The number of rotatable bonds is 5. The molecule has 1 aromatic carbocycles. The van der Waals surface area contributed by atoms with Gasteiger partial charge >= 0.3 is 0 Å². The maximum atomic E-state index is 11.8. The van der Waals surface area contributed by atoms with Gasteiger partial charge in [0.15, 0.2) is 0 Å². The Morgan fingerprint density at radius 3 is 2.65 bits per heavy atom. The second-order valence-corrected chi connectivity index (χ2v) is 6.44. The molecule has 1 aliphatic rings. The van der Waals surface area contributed by atoms with Crippen LogP contribution in [0.2, 0.25) is 0 Å². The van der Waals surface area contributed by atoms with Crippen molar-refractivity contribution in [2.45, 2.75) is 31.1 Å². The van der Waals surface area contributed by atoms with Crippen LogP contribution in [0, 0.1) is 0 Å². The van der Waals surface area contributed by atoms with E-state index >= 15 is 0 Å². The average molecular weight is 254 g/mol. The molecule has 0 saturated heterocycles. The van der Waals surface area contributed by atoms with Crippen molar-refractivity contribution in [2.24, 2.45) is 0 Å². The molecule has 1 aliphatic carbocycles. The molecule has 2 rings (SSSR count). The smallest absolute Gasteiger partial charge is 0.235 e. The lowest BCUT2D eigenvalue weighted by atomic mass is 10.1. The first-order valence-corrected chi connectivity index (χ1v) is 7.36. The molecule has 1 aromatic rings. The molecule has 0 amide bonds. The number of sulfonamides is 1. The van der Waals surface area contributed by atoms with Crippen molar-refractivity contribution in [1.82, 2.24) is 5.32 Å². The predicted molar refractivity (Wildman–Crippen MR) is 69.5 cm³/mol. The molecule has 0 heterocycles. The van der Waals surface area contributed by atoms with Gasteiger partial charge in [0, 0.05) is 11.7 Å². The van der Waals surface area contributed by atoms with Crippen LogP contribution >= 0.6 is 0 Å². The van der Waals surface area contributed by atoms with Crippen molar-refractivity contribution in [1.29, 1.82) is 0 Å². The van der Waals surface area contributed by atoms with Gasteiger partial charge in [-0.25, -0.2) is 8.42 Å². The van der Waals surface area contributed by atoms with E-state index < -0.39 is 10.0 Å². The van der Waals surface area contributed by atoms with Crippen LogP contribution in [0.1, 0.15) is 31.4 Å². The van der Waals surface area contributed by atoms with E-state index in [1.165, 1.54) is 0 Å². The summed E-state index contributed by atoms with van der Waals surface area (Å²) in [4.78, 5) is 0. The second-order valence-electron chi connectivity index (χ2n) is 4.48. The molecule has 0 aliphatic heterocycles. The first-order chi connectivity index (χ1) is 8.03. The maximum absolute atomic E-state index is 11.8. The van der Waals surface area contributed by atoms with Gasteiger partial charge in [0.25, 0.3) is 0 Å². The van der Waals surface area contributed by atoms with E-state index in [0.717, 1.165) is 18.4 Å². The monoisotopic (exact) mass is 254 g/mol. The normalized spacial score (nSPS) is 17.8. The lowest BCUT2D eigenvalue weighted by Gasteiger charge is -2.13. The highest BCUT2D eigenvalue weighted by atomic mass is 32.2. The Labute approximate surface area is 102 Å². The number of benzene rings is 1. The van der Waals surface area contributed by atoms with Crippen LogP contribution in [-0.4, -0.2) is 20.7 Å². The van der Waals surface area contributed by atoms with Gasteiger partial charge in [0.1, 0.15) is 0 Å². The van der Waals surface area contributed by atoms with Crippen molar-refractivity contribution >= 4 is 15.7 Å². The Balaban J connectivity index is 2.16. The predicted octanol–water partition coefficient (Wildman–Crippen LogP) is 1.87. The summed E-state index contributed by atoms with van der Waals surface area (Å²) in [5.41, 5.74) is 1.72. The third kappa shape index (κ3) is 2.98. The van der Waals surface area contributed by atoms with Gasteiger partial charge in [0.05, 0.1) is 5.25 Å². The van der Waals surface area contributed by atoms with Crippen LogP contribution in [0.3, 0.4) is 0 Å². The van der Waals surface area contributed by atoms with Gasteiger partial charge in [-0.15, -0.1) is 0 Å². The Bertz CT molecular complexity index is 495. The topological polar surface area (TPSA) is 58.2 Å². The molecule has 4 nitrogen and oxygen atoms in total. The summed E-state index contributed by atoms with van der Waals surface area (Å²) in [6, 6.07) is 7.72. The van der Waals surface area contributed by atoms with E-state index in [4.69, 9.17) is 0 Å². The number of hydrogen-bond acceptors (Lipinski definition) is 3. The third-order valence-corrected chi connectivity index (χ3v) is 4.91. The molecule has 0 spiro atoms. The van der Waals surface area contributed by atoms with Crippen LogP contribution in [0.5, 0.6) is 0 Å². The Morgan fingerprint density at radius 1 is 1.35 bits per heavy atom. The SMILES string of the molecule is CNC(C)c1cccc(NS(=O)(=O)C2CC2)c1. The minimum atomic E-state index is -3.16. The largest absolute Gasteiger partial charge is 0.313 e. The van der Waals surface area contributed by atoms with Crippen molar-refractivity contribution in [3.63, 3.8) is 0 Å². The molecule has 2 N–H and O–H groups in total. The molecule has 0 aromatic heterocycles. The van der Waals surface area contributed by atoms with Crippen LogP contribution in [0.25, 0.3) is 0 Å². The van der Waals surface area contributed by atoms with Crippen molar-refractivity contribution in [2.75, 3.05) is 11.8 Å². The highest BCUT2D eigenvalue weighted by Gasteiger charge is 2.35. The fraction of sp³-hybridized carbons (Fsp3) is 0.500. The molecule has 1 unspecified atom stereocenters. The van der Waals surface area contributed by atoms with E-state index in [2.05, 4.69) is 10.0 Å². The van der Waals surface area contributed by atoms with Crippen LogP contribution in [0.15, 0.2) is 24.3 Å². The van der Waals surface area contributed by atoms with E-state index in [0.29, 0.717) is 5.69 Å². The minimum absolute atomic E-state index is 0.187. The molecule has 0 radical (unpaired) electrons. The van der Waals surface area contributed by atoms with Crippen LogP contribution in [-0.2, 0) is 10.0 Å². The Kier molecular flexibility index (Phi) is 3.40. The molecule has 1 atom stereocenters. The van der Waals surface area contributed by atoms with Gasteiger partial charge in [-0.1, -0.05) is 12.1 Å². The highest BCUT2D eigenvalue weighted by molar-refractivity contribution is 7.93. The summed E-state index contributed by atoms with van der Waals surface area (Å²) in [5.74, 6) is 0. The number of hydrogen-bond donors (Lipinski definition) is 2. The zero-order valence-electron chi connectivity index (χ0n) is 10.1. The van der Waals surface area contributed by atoms with E-state index in [-0.39, 0.29) is 11.3 Å². The summed E-state index contributed by atoms with van der Waals surface area (Å²) in [6.07, 6.45) is 1.56. The van der Waals surface area contributed by atoms with Crippen LogP contribution < -0.4 is 10.0 Å². The van der Waals surface area contributed by atoms with Gasteiger partial charge in [-0.05, 0) is 44.5 Å². The molecule has 0 bridgehead atoms. The highest BCUT2D eigenvalue weighted by Crippen LogP contribution is 2.30. The van der Waals surface area contributed by atoms with E-state index in [9.17, 15) is 8.42 Å². The molecule has 5 heteroatoms. The quantitative estimate of drug-likeness (QED) is 0.843. The second kappa shape index (κ2) is 4.66. The fourth-order valence-electron chi connectivity index (χ4n) is 1.66. The zero-order valence-corrected chi connectivity index (χ0v) is 10.9. The first kappa shape index (κ1) is 12.4. The van der Waals surface area contributed by atoms with Crippen molar-refractivity contribution in [3.05, 3.63) is 29.8 Å². The lowest BCUT2D eigenvalue weighted by Crippen LogP contribution is -2.18. The van der Waals surface area contributed by atoms with Crippen LogP contribution in [0.4, 0.5) is 5.69 Å². The Hall–Kier alpha value is -1.07. The summed E-state index contributed by atoms with van der Waals surface area (Å²) < 4.78 is 26.2. The summed E-state index contributed by atoms with van der Waals surface area (Å²) in [7, 11) is -1.28. The maximum Gasteiger partial charge on any atom is 0.235 e. The van der Waals surface area contributed by atoms with E-state index in [1.54, 1.807) is 6.07 Å². The molecule has 94 valence electrons. The summed E-state index contributed by atoms with van der Waals surface area (Å²) in [6.45, 7) is 2.04. The van der Waals surface area contributed by atoms with Gasteiger partial charge in [-0.3, -0.25) is 4.72 Å². The summed E-state index contributed by atoms with van der Waals surface area (Å²) in [5, 5.41) is 2.94. The molecule has 17 heavy (non-hydrogen) atoms. The molecular weight excluding hydrogens is 236 g/mol. The number of anilines is 1. The average Bonchev–Trinajstić information content (AvgIpc) is 3.11. The third-order valence-electron chi connectivity index (χ3n) is 3.04. The van der Waals surface area contributed by atoms with Gasteiger partial charge in [-0.2, -0.15) is 0 Å². The summed E-state index contributed by atoms with van der Waals surface area (Å²) >= 11 is 0. The standard InChI is InChI=1S/C12H18N2O2S/c1-9(13-2)10-4-3-5-11(8-10)14-17(15,16)12-6-7-12/h3-5,8-9,12-14H,6-7H2,1-2H3. The van der Waals surface area contributed by atoms with E-state index in [1.807, 2.05) is 32.2 Å². The number of nitrogens with one attached hydrogen (secondary N) is 2. The van der Waals surface area contributed by atoms with Crippen molar-refractivity contribution < 1.29 is 8.42 Å². The molecular formula is C12H18N2O2S. The minimum Gasteiger partial charge on any atom is -0.313 e. The van der Waals surface area contributed by atoms with Gasteiger partial charge < -0.3 is 5.32 Å². The van der Waals surface area contributed by atoms with Crippen molar-refractivity contribution in [3.8, 4) is 0 Å². The fourth-order valence-corrected chi connectivity index (χ4v) is 3.04. The molecule has 1 saturated carbocycles. The zero-order chi connectivity index (χ0) is 12.5.